The van der Waals surface area contributed by atoms with Crippen LogP contribution in [-0.2, 0) is 0 Å². The summed E-state index contributed by atoms with van der Waals surface area (Å²) < 4.78 is 0. The summed E-state index contributed by atoms with van der Waals surface area (Å²) in [5.41, 5.74) is 7.90. The van der Waals surface area contributed by atoms with Crippen LogP contribution in [-0.4, -0.2) is 18.0 Å². The molecule has 3 nitrogen and oxygen atoms in total. The van der Waals surface area contributed by atoms with Crippen molar-refractivity contribution >= 4 is 5.91 Å². The highest BCUT2D eigenvalue weighted by atomic mass is 16.1. The molecule has 0 radical (unpaired) electrons. The van der Waals surface area contributed by atoms with Gasteiger partial charge in [-0.25, -0.2) is 0 Å². The molecule has 0 aromatic heterocycles. The maximum Gasteiger partial charge on any atom is 0.251 e. The van der Waals surface area contributed by atoms with Crippen LogP contribution >= 0.6 is 0 Å². The molecule has 0 spiro atoms. The lowest BCUT2D eigenvalue weighted by atomic mass is 9.99. The topological polar surface area (TPSA) is 55.1 Å². The van der Waals surface area contributed by atoms with Gasteiger partial charge in [0.1, 0.15) is 0 Å². The van der Waals surface area contributed by atoms with E-state index in [9.17, 15) is 4.79 Å². The first-order chi connectivity index (χ1) is 9.52. The van der Waals surface area contributed by atoms with E-state index in [0.29, 0.717) is 12.1 Å². The Bertz CT molecular complexity index is 560. The van der Waals surface area contributed by atoms with E-state index in [1.807, 2.05) is 25.1 Å². The zero-order chi connectivity index (χ0) is 14.6. The molecule has 1 aromatic carbocycles. The number of benzene rings is 1. The second-order valence-corrected chi connectivity index (χ2v) is 5.82. The molecule has 1 saturated carbocycles. The molecule has 1 aliphatic rings. The fourth-order valence-electron chi connectivity index (χ4n) is 2.77. The van der Waals surface area contributed by atoms with Crippen molar-refractivity contribution in [2.24, 2.45) is 5.73 Å². The third-order valence-corrected chi connectivity index (χ3v) is 3.80. The lowest BCUT2D eigenvalue weighted by Gasteiger charge is -2.25. The largest absolute Gasteiger partial charge is 0.347 e. The van der Waals surface area contributed by atoms with E-state index in [4.69, 9.17) is 5.73 Å². The molecule has 106 valence electrons. The van der Waals surface area contributed by atoms with Gasteiger partial charge < -0.3 is 11.1 Å². The summed E-state index contributed by atoms with van der Waals surface area (Å²) in [5.74, 6) is 5.81. The molecular weight excluding hydrogens is 248 g/mol. The molecule has 3 heteroatoms. The Hall–Kier alpha value is -1.79. The van der Waals surface area contributed by atoms with E-state index in [0.717, 1.165) is 24.0 Å². The molecule has 1 fully saturated rings. The van der Waals surface area contributed by atoms with Gasteiger partial charge in [-0.15, -0.1) is 0 Å². The lowest BCUT2D eigenvalue weighted by Crippen LogP contribution is -2.43. The van der Waals surface area contributed by atoms with Gasteiger partial charge in [0.2, 0.25) is 0 Å². The van der Waals surface area contributed by atoms with Gasteiger partial charge in [0.15, 0.2) is 0 Å². The molecule has 20 heavy (non-hydrogen) atoms. The third kappa shape index (κ3) is 3.61. The number of rotatable bonds is 2. The molecule has 0 heterocycles. The predicted molar refractivity (Wildman–Crippen MR) is 81.5 cm³/mol. The van der Waals surface area contributed by atoms with Crippen molar-refractivity contribution in [2.75, 3.05) is 6.54 Å². The fraction of sp³-hybridized carbons (Fsp3) is 0.471. The third-order valence-electron chi connectivity index (χ3n) is 3.80. The maximum atomic E-state index is 12.4. The monoisotopic (exact) mass is 270 g/mol. The number of aryl methyl sites for hydroxylation is 1. The van der Waals surface area contributed by atoms with Gasteiger partial charge in [0.05, 0.1) is 6.54 Å². The van der Waals surface area contributed by atoms with Crippen LogP contribution < -0.4 is 11.1 Å². The normalized spacial score (nSPS) is 16.4. The fourth-order valence-corrected chi connectivity index (χ4v) is 2.77. The SMILES string of the molecule is Cc1cc(C#CCN)cc(C(=O)NC2(C)CCCC2)c1. The van der Waals surface area contributed by atoms with Gasteiger partial charge in [0.25, 0.3) is 5.91 Å². The Balaban J connectivity index is 2.19. The molecule has 1 aliphatic carbocycles. The highest BCUT2D eigenvalue weighted by molar-refractivity contribution is 5.95. The van der Waals surface area contributed by atoms with Gasteiger partial charge >= 0.3 is 0 Å². The molecule has 0 saturated heterocycles. The number of carbonyl (C=O) groups is 1. The standard InChI is InChI=1S/C17H22N2O/c1-13-10-14(6-5-9-18)12-15(11-13)16(20)19-17(2)7-3-4-8-17/h10-12H,3-4,7-9,18H2,1-2H3,(H,19,20). The smallest absolute Gasteiger partial charge is 0.251 e. The number of nitrogens with one attached hydrogen (secondary N) is 1. The van der Waals surface area contributed by atoms with Crippen LogP contribution in [0.4, 0.5) is 0 Å². The van der Waals surface area contributed by atoms with Crippen molar-refractivity contribution in [3.05, 3.63) is 34.9 Å². The number of hydrogen-bond acceptors (Lipinski definition) is 2. The van der Waals surface area contributed by atoms with Crippen LogP contribution in [0.1, 0.15) is 54.1 Å². The molecule has 1 amide bonds. The van der Waals surface area contributed by atoms with Gasteiger partial charge in [0, 0.05) is 16.7 Å². The Morgan fingerprint density at radius 1 is 1.35 bits per heavy atom. The molecule has 0 aliphatic heterocycles. The molecule has 0 atom stereocenters. The van der Waals surface area contributed by atoms with Gasteiger partial charge in [-0.1, -0.05) is 24.7 Å². The van der Waals surface area contributed by atoms with Gasteiger partial charge in [-0.05, 0) is 50.5 Å². The quantitative estimate of drug-likeness (QED) is 0.811. The lowest BCUT2D eigenvalue weighted by molar-refractivity contribution is 0.0908. The number of nitrogens with two attached hydrogens (primary N) is 1. The average molecular weight is 270 g/mol. The van der Waals surface area contributed by atoms with Crippen molar-refractivity contribution in [1.29, 1.82) is 0 Å². The van der Waals surface area contributed by atoms with Gasteiger partial charge in [-0.2, -0.15) is 0 Å². The van der Waals surface area contributed by atoms with E-state index >= 15 is 0 Å². The minimum atomic E-state index is -0.0517. The van der Waals surface area contributed by atoms with Crippen LogP contribution in [0.3, 0.4) is 0 Å². The minimum Gasteiger partial charge on any atom is -0.347 e. The van der Waals surface area contributed by atoms with Crippen LogP contribution in [0, 0.1) is 18.8 Å². The van der Waals surface area contributed by atoms with Crippen LogP contribution in [0.15, 0.2) is 18.2 Å². The highest BCUT2D eigenvalue weighted by Gasteiger charge is 2.30. The second kappa shape index (κ2) is 6.11. The maximum absolute atomic E-state index is 12.4. The zero-order valence-electron chi connectivity index (χ0n) is 12.3. The van der Waals surface area contributed by atoms with E-state index in [2.05, 4.69) is 24.1 Å². The van der Waals surface area contributed by atoms with Crippen molar-refractivity contribution < 1.29 is 4.79 Å². The Labute approximate surface area is 120 Å². The molecule has 2 rings (SSSR count). The molecule has 1 aromatic rings. The molecule has 3 N–H and O–H groups in total. The summed E-state index contributed by atoms with van der Waals surface area (Å²) >= 11 is 0. The Kier molecular flexibility index (Phi) is 4.46. The number of amides is 1. The van der Waals surface area contributed by atoms with E-state index in [1.54, 1.807) is 0 Å². The first kappa shape index (κ1) is 14.6. The minimum absolute atomic E-state index is 0.00565. The number of hydrogen-bond donors (Lipinski definition) is 2. The highest BCUT2D eigenvalue weighted by Crippen LogP contribution is 2.29. The summed E-state index contributed by atoms with van der Waals surface area (Å²) in [6, 6.07) is 5.71. The summed E-state index contributed by atoms with van der Waals surface area (Å²) in [7, 11) is 0. The summed E-state index contributed by atoms with van der Waals surface area (Å²) in [4.78, 5) is 12.4. The van der Waals surface area contributed by atoms with E-state index in [-0.39, 0.29) is 11.4 Å². The molecule has 0 unspecified atom stereocenters. The Morgan fingerprint density at radius 3 is 2.70 bits per heavy atom. The van der Waals surface area contributed by atoms with E-state index < -0.39 is 0 Å². The first-order valence-electron chi connectivity index (χ1n) is 7.16. The summed E-state index contributed by atoms with van der Waals surface area (Å²) in [6.45, 7) is 4.43. The second-order valence-electron chi connectivity index (χ2n) is 5.82. The average Bonchev–Trinajstić information content (AvgIpc) is 2.82. The van der Waals surface area contributed by atoms with Gasteiger partial charge in [-0.3, -0.25) is 4.79 Å². The number of carbonyl (C=O) groups excluding carboxylic acids is 1. The summed E-state index contributed by atoms with van der Waals surface area (Å²) in [6.07, 6.45) is 4.50. The van der Waals surface area contributed by atoms with Crippen molar-refractivity contribution in [2.45, 2.75) is 45.1 Å². The van der Waals surface area contributed by atoms with E-state index in [1.165, 1.54) is 12.8 Å². The van der Waals surface area contributed by atoms with Crippen molar-refractivity contribution in [3.63, 3.8) is 0 Å². The van der Waals surface area contributed by atoms with Crippen LogP contribution in [0.2, 0.25) is 0 Å². The molecular formula is C17H22N2O. The zero-order valence-corrected chi connectivity index (χ0v) is 12.3. The van der Waals surface area contributed by atoms with Crippen molar-refractivity contribution in [3.8, 4) is 11.8 Å². The first-order valence-corrected chi connectivity index (χ1v) is 7.16. The summed E-state index contributed by atoms with van der Waals surface area (Å²) in [5, 5.41) is 3.17. The Morgan fingerprint density at radius 2 is 2.05 bits per heavy atom. The van der Waals surface area contributed by atoms with Crippen LogP contribution in [0.5, 0.6) is 0 Å². The van der Waals surface area contributed by atoms with Crippen molar-refractivity contribution in [1.82, 2.24) is 5.32 Å². The van der Waals surface area contributed by atoms with Crippen LogP contribution in [0.25, 0.3) is 0 Å². The predicted octanol–water partition coefficient (Wildman–Crippen LogP) is 2.37. The molecule has 0 bridgehead atoms.